The molecule has 1 fully saturated rings. The van der Waals surface area contributed by atoms with Crippen LogP contribution in [0, 0.1) is 0 Å². The summed E-state index contributed by atoms with van der Waals surface area (Å²) in [5.41, 5.74) is 11.9. The summed E-state index contributed by atoms with van der Waals surface area (Å²) in [5, 5.41) is 0. The number of nitrogens with zero attached hydrogens (tertiary/aromatic N) is 1. The summed E-state index contributed by atoms with van der Waals surface area (Å²) in [6.07, 6.45) is 1.43. The summed E-state index contributed by atoms with van der Waals surface area (Å²) in [6.45, 7) is 0.988. The summed E-state index contributed by atoms with van der Waals surface area (Å²) in [7, 11) is -3.38. The number of sulfonamides is 1. The molecule has 94 valence electrons. The van der Waals surface area contributed by atoms with E-state index in [4.69, 9.17) is 11.5 Å². The molecular weight excluding hydrogens is 238 g/mol. The summed E-state index contributed by atoms with van der Waals surface area (Å²) < 4.78 is 26.0. The van der Waals surface area contributed by atoms with Crippen molar-refractivity contribution in [3.8, 4) is 0 Å². The molecule has 1 aromatic carbocycles. The van der Waals surface area contributed by atoms with Crippen LogP contribution in [-0.4, -0.2) is 31.9 Å². The fraction of sp³-hybridized carbons (Fsp3) is 0.455. The van der Waals surface area contributed by atoms with Crippen molar-refractivity contribution in [3.05, 3.63) is 24.3 Å². The van der Waals surface area contributed by atoms with Crippen LogP contribution >= 0.6 is 0 Å². The maximum atomic E-state index is 12.2. The van der Waals surface area contributed by atoms with E-state index < -0.39 is 10.0 Å². The van der Waals surface area contributed by atoms with Crippen LogP contribution < -0.4 is 11.5 Å². The van der Waals surface area contributed by atoms with Crippen LogP contribution in [0.1, 0.15) is 12.8 Å². The molecule has 0 aliphatic carbocycles. The highest BCUT2D eigenvalue weighted by Crippen LogP contribution is 2.20. The quantitative estimate of drug-likeness (QED) is 0.748. The second-order valence-electron chi connectivity index (χ2n) is 4.31. The fourth-order valence-corrected chi connectivity index (χ4v) is 3.37. The van der Waals surface area contributed by atoms with E-state index in [1.807, 2.05) is 0 Å². The van der Waals surface area contributed by atoms with Crippen LogP contribution in [0.4, 0.5) is 5.69 Å². The number of hydrogen-bond donors (Lipinski definition) is 2. The normalized spacial score (nSPS) is 19.4. The van der Waals surface area contributed by atoms with E-state index in [9.17, 15) is 8.42 Å². The molecule has 1 saturated heterocycles. The Labute approximate surface area is 101 Å². The first kappa shape index (κ1) is 12.3. The van der Waals surface area contributed by atoms with E-state index in [1.165, 1.54) is 4.31 Å². The van der Waals surface area contributed by atoms with Gasteiger partial charge in [0.25, 0.3) is 0 Å². The molecule has 0 unspecified atom stereocenters. The average Bonchev–Trinajstić information content (AvgIpc) is 2.30. The average molecular weight is 255 g/mol. The Balaban J connectivity index is 2.21. The van der Waals surface area contributed by atoms with Crippen molar-refractivity contribution in [2.24, 2.45) is 5.73 Å². The van der Waals surface area contributed by atoms with Crippen LogP contribution in [-0.2, 0) is 10.0 Å². The number of rotatable bonds is 2. The van der Waals surface area contributed by atoms with Gasteiger partial charge in [-0.15, -0.1) is 0 Å². The highest BCUT2D eigenvalue weighted by Gasteiger charge is 2.27. The molecule has 17 heavy (non-hydrogen) atoms. The van der Waals surface area contributed by atoms with Gasteiger partial charge >= 0.3 is 0 Å². The van der Waals surface area contributed by atoms with Crippen LogP contribution in [0.15, 0.2) is 29.2 Å². The molecular formula is C11H17N3O2S. The van der Waals surface area contributed by atoms with E-state index >= 15 is 0 Å². The van der Waals surface area contributed by atoms with Crippen molar-refractivity contribution in [1.82, 2.24) is 4.31 Å². The maximum Gasteiger partial charge on any atom is 0.243 e. The predicted octanol–water partition coefficient (Wildman–Crippen LogP) is 0.381. The molecule has 1 heterocycles. The Morgan fingerprint density at radius 3 is 2.18 bits per heavy atom. The number of piperidine rings is 1. The van der Waals surface area contributed by atoms with Gasteiger partial charge < -0.3 is 11.5 Å². The first-order valence-corrected chi connectivity index (χ1v) is 7.05. The smallest absolute Gasteiger partial charge is 0.243 e. The third kappa shape index (κ3) is 2.59. The van der Waals surface area contributed by atoms with Crippen molar-refractivity contribution in [2.75, 3.05) is 18.8 Å². The van der Waals surface area contributed by atoms with Crippen LogP contribution in [0.5, 0.6) is 0 Å². The summed E-state index contributed by atoms with van der Waals surface area (Å²) in [6, 6.07) is 6.40. The molecule has 0 aromatic heterocycles. The zero-order valence-electron chi connectivity index (χ0n) is 9.54. The standard InChI is InChI=1S/C11H17N3O2S/c12-9-1-3-11(4-2-9)17(15,16)14-7-5-10(13)6-8-14/h1-4,10H,5-8,12-13H2. The molecule has 0 atom stereocenters. The third-order valence-corrected chi connectivity index (χ3v) is 4.93. The summed E-state index contributed by atoms with van der Waals surface area (Å²) in [5.74, 6) is 0. The summed E-state index contributed by atoms with van der Waals surface area (Å²) in [4.78, 5) is 0.294. The molecule has 0 amide bonds. The largest absolute Gasteiger partial charge is 0.399 e. The monoisotopic (exact) mass is 255 g/mol. The van der Waals surface area contributed by atoms with Gasteiger partial charge in [0, 0.05) is 24.8 Å². The van der Waals surface area contributed by atoms with E-state index in [1.54, 1.807) is 24.3 Å². The second-order valence-corrected chi connectivity index (χ2v) is 6.25. The lowest BCUT2D eigenvalue weighted by atomic mass is 10.1. The molecule has 1 aromatic rings. The fourth-order valence-electron chi connectivity index (χ4n) is 1.90. The van der Waals surface area contributed by atoms with E-state index in [-0.39, 0.29) is 6.04 Å². The Kier molecular flexibility index (Phi) is 3.37. The zero-order valence-corrected chi connectivity index (χ0v) is 10.4. The van der Waals surface area contributed by atoms with Crippen molar-refractivity contribution in [3.63, 3.8) is 0 Å². The molecule has 6 heteroatoms. The van der Waals surface area contributed by atoms with Gasteiger partial charge in [-0.1, -0.05) is 0 Å². The molecule has 1 aliphatic rings. The molecule has 0 saturated carbocycles. The second kappa shape index (κ2) is 4.64. The minimum atomic E-state index is -3.38. The Morgan fingerprint density at radius 2 is 1.65 bits per heavy atom. The summed E-state index contributed by atoms with van der Waals surface area (Å²) >= 11 is 0. The predicted molar refractivity (Wildman–Crippen MR) is 66.8 cm³/mol. The lowest BCUT2D eigenvalue weighted by molar-refractivity contribution is 0.320. The van der Waals surface area contributed by atoms with Gasteiger partial charge in [-0.05, 0) is 37.1 Å². The van der Waals surface area contributed by atoms with Crippen molar-refractivity contribution in [2.45, 2.75) is 23.8 Å². The Hall–Kier alpha value is -1.11. The minimum Gasteiger partial charge on any atom is -0.399 e. The number of nitrogens with two attached hydrogens (primary N) is 2. The topological polar surface area (TPSA) is 89.4 Å². The van der Waals surface area contributed by atoms with Gasteiger partial charge in [-0.25, -0.2) is 8.42 Å². The number of benzene rings is 1. The molecule has 0 bridgehead atoms. The van der Waals surface area contributed by atoms with Crippen molar-refractivity contribution >= 4 is 15.7 Å². The first-order chi connectivity index (χ1) is 8.00. The molecule has 5 nitrogen and oxygen atoms in total. The minimum absolute atomic E-state index is 0.118. The van der Waals surface area contributed by atoms with Gasteiger partial charge in [-0.2, -0.15) is 4.31 Å². The zero-order chi connectivity index (χ0) is 12.5. The first-order valence-electron chi connectivity index (χ1n) is 5.61. The Morgan fingerprint density at radius 1 is 1.12 bits per heavy atom. The SMILES string of the molecule is Nc1ccc(S(=O)(=O)N2CCC(N)CC2)cc1. The van der Waals surface area contributed by atoms with Gasteiger partial charge in [0.1, 0.15) is 0 Å². The van der Waals surface area contributed by atoms with Crippen LogP contribution in [0.3, 0.4) is 0 Å². The van der Waals surface area contributed by atoms with Crippen LogP contribution in [0.2, 0.25) is 0 Å². The lowest BCUT2D eigenvalue weighted by Gasteiger charge is -2.29. The third-order valence-electron chi connectivity index (χ3n) is 3.02. The van der Waals surface area contributed by atoms with Gasteiger partial charge in [0.15, 0.2) is 0 Å². The molecule has 0 radical (unpaired) electrons. The Bertz CT molecular complexity index is 476. The highest BCUT2D eigenvalue weighted by molar-refractivity contribution is 7.89. The number of hydrogen-bond acceptors (Lipinski definition) is 4. The lowest BCUT2D eigenvalue weighted by Crippen LogP contribution is -2.42. The molecule has 0 spiro atoms. The van der Waals surface area contributed by atoms with Crippen molar-refractivity contribution < 1.29 is 8.42 Å². The molecule has 4 N–H and O–H groups in total. The number of nitrogen functional groups attached to an aromatic ring is 1. The highest BCUT2D eigenvalue weighted by atomic mass is 32.2. The van der Waals surface area contributed by atoms with E-state index in [2.05, 4.69) is 0 Å². The van der Waals surface area contributed by atoms with Gasteiger partial charge in [0.2, 0.25) is 10.0 Å². The number of anilines is 1. The maximum absolute atomic E-state index is 12.2. The van der Waals surface area contributed by atoms with Gasteiger partial charge in [-0.3, -0.25) is 0 Å². The van der Waals surface area contributed by atoms with E-state index in [0.717, 1.165) is 0 Å². The van der Waals surface area contributed by atoms with Crippen LogP contribution in [0.25, 0.3) is 0 Å². The van der Waals surface area contributed by atoms with Gasteiger partial charge in [0.05, 0.1) is 4.90 Å². The van der Waals surface area contributed by atoms with Crippen molar-refractivity contribution in [1.29, 1.82) is 0 Å². The molecule has 2 rings (SSSR count). The molecule has 1 aliphatic heterocycles. The van der Waals surface area contributed by atoms with E-state index in [0.29, 0.717) is 36.5 Å².